The van der Waals surface area contributed by atoms with Crippen molar-refractivity contribution in [2.75, 3.05) is 5.75 Å². The molecular weight excluding hydrogens is 160 g/mol. The SMILES string of the molecule is CCC(C)SCCC(C)S. The molecule has 0 aromatic carbocycles. The molecule has 0 radical (unpaired) electrons. The predicted octanol–water partition coefficient (Wildman–Crippen LogP) is 3.23. The maximum absolute atomic E-state index is 4.32. The summed E-state index contributed by atoms with van der Waals surface area (Å²) in [6, 6.07) is 0. The van der Waals surface area contributed by atoms with Crippen molar-refractivity contribution in [3.63, 3.8) is 0 Å². The van der Waals surface area contributed by atoms with Crippen LogP contribution in [0.5, 0.6) is 0 Å². The third kappa shape index (κ3) is 6.81. The van der Waals surface area contributed by atoms with E-state index in [1.165, 1.54) is 18.6 Å². The van der Waals surface area contributed by atoms with Gasteiger partial charge in [-0.05, 0) is 23.8 Å². The number of rotatable bonds is 5. The molecule has 62 valence electrons. The minimum atomic E-state index is 0.566. The predicted molar refractivity (Wildman–Crippen MR) is 55.3 cm³/mol. The largest absolute Gasteiger partial charge is 0.176 e. The fourth-order valence-corrected chi connectivity index (χ4v) is 1.99. The summed E-state index contributed by atoms with van der Waals surface area (Å²) in [6.07, 6.45) is 2.52. The Bertz CT molecular complexity index is 71.7. The van der Waals surface area contributed by atoms with Crippen LogP contribution in [0.15, 0.2) is 0 Å². The summed E-state index contributed by atoms with van der Waals surface area (Å²) in [6.45, 7) is 6.68. The molecule has 0 saturated heterocycles. The molecule has 0 aliphatic carbocycles. The first-order valence-electron chi connectivity index (χ1n) is 3.96. The lowest BCUT2D eigenvalue weighted by Crippen LogP contribution is -1.98. The van der Waals surface area contributed by atoms with Gasteiger partial charge in [0.2, 0.25) is 0 Å². The molecule has 0 saturated carbocycles. The van der Waals surface area contributed by atoms with Gasteiger partial charge in [-0.2, -0.15) is 24.4 Å². The highest BCUT2D eigenvalue weighted by atomic mass is 32.2. The monoisotopic (exact) mass is 178 g/mol. The summed E-state index contributed by atoms with van der Waals surface area (Å²) in [5.41, 5.74) is 0. The van der Waals surface area contributed by atoms with Crippen molar-refractivity contribution < 1.29 is 0 Å². The summed E-state index contributed by atoms with van der Waals surface area (Å²) in [5.74, 6) is 1.26. The highest BCUT2D eigenvalue weighted by Crippen LogP contribution is 2.16. The average Bonchev–Trinajstić information content (AvgIpc) is 1.87. The van der Waals surface area contributed by atoms with Gasteiger partial charge in [-0.15, -0.1) is 0 Å². The quantitative estimate of drug-likeness (QED) is 0.631. The Morgan fingerprint density at radius 3 is 2.40 bits per heavy atom. The minimum absolute atomic E-state index is 0.566. The first-order valence-corrected chi connectivity index (χ1v) is 5.53. The summed E-state index contributed by atoms with van der Waals surface area (Å²) in [5, 5.41) is 1.39. The van der Waals surface area contributed by atoms with Gasteiger partial charge in [-0.3, -0.25) is 0 Å². The van der Waals surface area contributed by atoms with Crippen molar-refractivity contribution >= 4 is 24.4 Å². The van der Waals surface area contributed by atoms with E-state index in [0.29, 0.717) is 5.25 Å². The summed E-state index contributed by atoms with van der Waals surface area (Å²) >= 11 is 6.37. The van der Waals surface area contributed by atoms with Gasteiger partial charge in [0.05, 0.1) is 0 Å². The number of hydrogen-bond acceptors (Lipinski definition) is 2. The van der Waals surface area contributed by atoms with E-state index in [1.54, 1.807) is 0 Å². The lowest BCUT2D eigenvalue weighted by atomic mass is 10.4. The van der Waals surface area contributed by atoms with Crippen molar-refractivity contribution in [2.24, 2.45) is 0 Å². The van der Waals surface area contributed by atoms with E-state index < -0.39 is 0 Å². The Morgan fingerprint density at radius 1 is 1.40 bits per heavy atom. The van der Waals surface area contributed by atoms with E-state index >= 15 is 0 Å². The van der Waals surface area contributed by atoms with E-state index in [-0.39, 0.29) is 0 Å². The maximum atomic E-state index is 4.32. The molecule has 2 heteroatoms. The van der Waals surface area contributed by atoms with E-state index in [2.05, 4.69) is 45.2 Å². The third-order valence-corrected chi connectivity index (χ3v) is 3.14. The summed E-state index contributed by atoms with van der Waals surface area (Å²) in [4.78, 5) is 0. The Morgan fingerprint density at radius 2 is 2.00 bits per heavy atom. The standard InChI is InChI=1S/C8H18S2/c1-4-8(3)10-6-5-7(2)9/h7-9H,4-6H2,1-3H3. The van der Waals surface area contributed by atoms with E-state index in [1.807, 2.05) is 0 Å². The Hall–Kier alpha value is 0.700. The zero-order valence-electron chi connectivity index (χ0n) is 7.13. The van der Waals surface area contributed by atoms with Crippen LogP contribution >= 0.6 is 24.4 Å². The molecule has 0 heterocycles. The maximum Gasteiger partial charge on any atom is 0.00161 e. The molecule has 0 aromatic rings. The van der Waals surface area contributed by atoms with Crippen LogP contribution in [0.1, 0.15) is 33.6 Å². The minimum Gasteiger partial charge on any atom is -0.176 e. The molecule has 0 bridgehead atoms. The highest BCUT2D eigenvalue weighted by molar-refractivity contribution is 7.99. The first kappa shape index (κ1) is 10.7. The van der Waals surface area contributed by atoms with Gasteiger partial charge in [0.25, 0.3) is 0 Å². The van der Waals surface area contributed by atoms with Gasteiger partial charge in [0.1, 0.15) is 0 Å². The fraction of sp³-hybridized carbons (Fsp3) is 1.00. The fourth-order valence-electron chi connectivity index (χ4n) is 0.558. The molecule has 0 aliphatic rings. The van der Waals surface area contributed by atoms with Crippen LogP contribution < -0.4 is 0 Å². The second-order valence-electron chi connectivity index (χ2n) is 2.73. The molecule has 2 unspecified atom stereocenters. The highest BCUT2D eigenvalue weighted by Gasteiger charge is 1.99. The van der Waals surface area contributed by atoms with Crippen molar-refractivity contribution in [3.8, 4) is 0 Å². The molecule has 0 fully saturated rings. The second-order valence-corrected chi connectivity index (χ2v) is 5.16. The van der Waals surface area contributed by atoms with Crippen LogP contribution in [0.2, 0.25) is 0 Å². The number of thioether (sulfide) groups is 1. The van der Waals surface area contributed by atoms with Crippen LogP contribution in [0.25, 0.3) is 0 Å². The lowest BCUT2D eigenvalue weighted by molar-refractivity contribution is 0.885. The van der Waals surface area contributed by atoms with Crippen LogP contribution in [-0.2, 0) is 0 Å². The normalized spacial score (nSPS) is 16.8. The molecule has 2 atom stereocenters. The van der Waals surface area contributed by atoms with Gasteiger partial charge in [-0.1, -0.05) is 20.8 Å². The molecule has 10 heavy (non-hydrogen) atoms. The Kier molecular flexibility index (Phi) is 6.86. The second kappa shape index (κ2) is 6.41. The topological polar surface area (TPSA) is 0 Å². The molecule has 0 spiro atoms. The Labute approximate surface area is 74.6 Å². The van der Waals surface area contributed by atoms with Crippen LogP contribution in [-0.4, -0.2) is 16.3 Å². The van der Waals surface area contributed by atoms with E-state index in [4.69, 9.17) is 0 Å². The van der Waals surface area contributed by atoms with Gasteiger partial charge in [0, 0.05) is 5.25 Å². The summed E-state index contributed by atoms with van der Waals surface area (Å²) in [7, 11) is 0. The van der Waals surface area contributed by atoms with Crippen molar-refractivity contribution in [2.45, 2.75) is 44.1 Å². The zero-order chi connectivity index (χ0) is 7.98. The molecule has 0 rings (SSSR count). The van der Waals surface area contributed by atoms with Gasteiger partial charge in [0.15, 0.2) is 0 Å². The van der Waals surface area contributed by atoms with Gasteiger partial charge >= 0.3 is 0 Å². The van der Waals surface area contributed by atoms with Crippen molar-refractivity contribution in [1.29, 1.82) is 0 Å². The molecule has 0 aliphatic heterocycles. The van der Waals surface area contributed by atoms with E-state index in [9.17, 15) is 0 Å². The van der Waals surface area contributed by atoms with E-state index in [0.717, 1.165) is 5.25 Å². The smallest absolute Gasteiger partial charge is 0.00161 e. The lowest BCUT2D eigenvalue weighted by Gasteiger charge is -2.08. The van der Waals surface area contributed by atoms with Crippen LogP contribution in [0.3, 0.4) is 0 Å². The molecule has 0 nitrogen and oxygen atoms in total. The molecule has 0 amide bonds. The van der Waals surface area contributed by atoms with Crippen molar-refractivity contribution in [3.05, 3.63) is 0 Å². The zero-order valence-corrected chi connectivity index (χ0v) is 8.84. The number of hydrogen-bond donors (Lipinski definition) is 1. The first-order chi connectivity index (χ1) is 4.66. The molecule has 0 aromatic heterocycles. The van der Waals surface area contributed by atoms with Crippen molar-refractivity contribution in [1.82, 2.24) is 0 Å². The number of thiol groups is 1. The van der Waals surface area contributed by atoms with Gasteiger partial charge < -0.3 is 0 Å². The molecule has 0 N–H and O–H groups in total. The van der Waals surface area contributed by atoms with Crippen LogP contribution in [0.4, 0.5) is 0 Å². The average molecular weight is 178 g/mol. The van der Waals surface area contributed by atoms with Crippen LogP contribution in [0, 0.1) is 0 Å². The summed E-state index contributed by atoms with van der Waals surface area (Å²) < 4.78 is 0. The third-order valence-electron chi connectivity index (χ3n) is 1.51. The molecular formula is C8H18S2. The Balaban J connectivity index is 3.03. The van der Waals surface area contributed by atoms with Gasteiger partial charge in [-0.25, -0.2) is 0 Å².